The van der Waals surface area contributed by atoms with Crippen LogP contribution in [-0.4, -0.2) is 74.5 Å². The maximum absolute atomic E-state index is 10.3. The molecule has 3 aliphatic rings. The Hall–Kier alpha value is -0.980. The number of hydrogen-bond acceptors (Lipinski definition) is 5. The number of fused-ring (bicyclic) bond motifs is 3. The topological polar surface area (TPSA) is 57.4 Å². The summed E-state index contributed by atoms with van der Waals surface area (Å²) in [5.74, 6) is 0.857. The van der Waals surface area contributed by atoms with Gasteiger partial charge in [0.1, 0.15) is 12.2 Å². The second-order valence-electron chi connectivity index (χ2n) is 4.98. The van der Waals surface area contributed by atoms with Crippen molar-refractivity contribution in [3.63, 3.8) is 0 Å². The molecule has 4 heterocycles. The molecule has 0 radical (unpaired) electrons. The average molecular weight is 237 g/mol. The molecule has 3 aliphatic heterocycles. The van der Waals surface area contributed by atoms with Gasteiger partial charge < -0.3 is 5.11 Å². The second-order valence-corrected chi connectivity index (χ2v) is 4.98. The van der Waals surface area contributed by atoms with Crippen LogP contribution >= 0.6 is 0 Å². The molecule has 2 unspecified atom stereocenters. The van der Waals surface area contributed by atoms with Crippen LogP contribution in [0.3, 0.4) is 0 Å². The first kappa shape index (κ1) is 11.1. The first-order valence-corrected chi connectivity index (χ1v) is 6.21. The number of piperazine rings is 3. The van der Waals surface area contributed by atoms with Crippen molar-refractivity contribution in [1.82, 2.24) is 24.6 Å². The van der Waals surface area contributed by atoms with Gasteiger partial charge in [0, 0.05) is 52.2 Å². The molecule has 6 nitrogen and oxygen atoms in total. The minimum atomic E-state index is -0.346. The van der Waals surface area contributed by atoms with Gasteiger partial charge in [-0.15, -0.1) is 0 Å². The van der Waals surface area contributed by atoms with E-state index in [1.54, 1.807) is 11.0 Å². The summed E-state index contributed by atoms with van der Waals surface area (Å²) in [6.07, 6.45) is 1.78. The fraction of sp³-hybridized carbons (Fsp3) is 0.818. The Morgan fingerprint density at radius 2 is 2.18 bits per heavy atom. The van der Waals surface area contributed by atoms with Crippen LogP contribution in [0.1, 0.15) is 5.82 Å². The van der Waals surface area contributed by atoms with Crippen molar-refractivity contribution in [1.29, 1.82) is 0 Å². The van der Waals surface area contributed by atoms with Crippen LogP contribution in [0.25, 0.3) is 0 Å². The van der Waals surface area contributed by atoms with E-state index in [1.807, 2.05) is 7.05 Å². The Balaban J connectivity index is 1.66. The molecule has 3 saturated heterocycles. The van der Waals surface area contributed by atoms with Gasteiger partial charge in [0.05, 0.1) is 6.10 Å². The molecule has 2 bridgehead atoms. The molecule has 6 heteroatoms. The van der Waals surface area contributed by atoms with E-state index in [0.717, 1.165) is 38.5 Å². The predicted molar refractivity (Wildman–Crippen MR) is 62.5 cm³/mol. The van der Waals surface area contributed by atoms with E-state index in [-0.39, 0.29) is 12.1 Å². The molecule has 94 valence electrons. The molecule has 2 atom stereocenters. The lowest BCUT2D eigenvalue weighted by molar-refractivity contribution is -0.0460. The Labute approximate surface area is 101 Å². The third-order valence-corrected chi connectivity index (χ3v) is 3.96. The van der Waals surface area contributed by atoms with Gasteiger partial charge in [0.15, 0.2) is 0 Å². The number of aryl methyl sites for hydroxylation is 1. The van der Waals surface area contributed by atoms with Gasteiger partial charge in [-0.05, 0) is 0 Å². The predicted octanol–water partition coefficient (Wildman–Crippen LogP) is -1.28. The standard InChI is InChI=1S/C11H19N5O/c1-14-11(12-8-13-14)6-10(17)9-7-15-2-4-16(9)5-3-15/h8-10,17H,2-7H2,1H3. The summed E-state index contributed by atoms with van der Waals surface area (Å²) in [5.41, 5.74) is 0. The van der Waals surface area contributed by atoms with Crippen LogP contribution in [-0.2, 0) is 13.5 Å². The summed E-state index contributed by atoms with van der Waals surface area (Å²) in [7, 11) is 1.87. The fourth-order valence-electron chi connectivity index (χ4n) is 2.85. The molecule has 0 amide bonds. The highest BCUT2D eigenvalue weighted by molar-refractivity contribution is 4.96. The minimum Gasteiger partial charge on any atom is -0.391 e. The summed E-state index contributed by atoms with van der Waals surface area (Å²) < 4.78 is 1.74. The van der Waals surface area contributed by atoms with E-state index in [9.17, 15) is 5.11 Å². The lowest BCUT2D eigenvalue weighted by Crippen LogP contribution is -2.64. The third-order valence-electron chi connectivity index (χ3n) is 3.96. The van der Waals surface area contributed by atoms with Crippen LogP contribution in [0.15, 0.2) is 6.33 Å². The second kappa shape index (κ2) is 4.36. The zero-order valence-corrected chi connectivity index (χ0v) is 10.2. The molecule has 0 saturated carbocycles. The van der Waals surface area contributed by atoms with Crippen molar-refractivity contribution in [3.8, 4) is 0 Å². The van der Waals surface area contributed by atoms with E-state index in [0.29, 0.717) is 6.42 Å². The maximum atomic E-state index is 10.3. The number of aromatic nitrogens is 3. The van der Waals surface area contributed by atoms with E-state index >= 15 is 0 Å². The Morgan fingerprint density at radius 3 is 2.71 bits per heavy atom. The fourth-order valence-corrected chi connectivity index (χ4v) is 2.85. The van der Waals surface area contributed by atoms with Crippen LogP contribution in [0, 0.1) is 0 Å². The molecule has 0 aromatic carbocycles. The van der Waals surface area contributed by atoms with E-state index in [4.69, 9.17) is 0 Å². The summed E-state index contributed by atoms with van der Waals surface area (Å²) >= 11 is 0. The van der Waals surface area contributed by atoms with Crippen molar-refractivity contribution < 1.29 is 5.11 Å². The number of rotatable bonds is 3. The molecule has 1 N–H and O–H groups in total. The van der Waals surface area contributed by atoms with Gasteiger partial charge in [0.25, 0.3) is 0 Å². The van der Waals surface area contributed by atoms with Crippen LogP contribution in [0.4, 0.5) is 0 Å². The first-order chi connectivity index (χ1) is 8.24. The molecule has 3 fully saturated rings. The van der Waals surface area contributed by atoms with Gasteiger partial charge in [-0.3, -0.25) is 14.5 Å². The van der Waals surface area contributed by atoms with Gasteiger partial charge >= 0.3 is 0 Å². The van der Waals surface area contributed by atoms with Crippen molar-refractivity contribution >= 4 is 0 Å². The Bertz CT molecular complexity index is 385. The lowest BCUT2D eigenvalue weighted by atomic mass is 10.00. The van der Waals surface area contributed by atoms with E-state index in [2.05, 4.69) is 19.9 Å². The monoisotopic (exact) mass is 237 g/mol. The van der Waals surface area contributed by atoms with Crippen LogP contribution < -0.4 is 0 Å². The summed E-state index contributed by atoms with van der Waals surface area (Å²) in [4.78, 5) is 9.01. The van der Waals surface area contributed by atoms with Crippen LogP contribution in [0.5, 0.6) is 0 Å². The van der Waals surface area contributed by atoms with Crippen molar-refractivity contribution in [2.75, 3.05) is 32.7 Å². The van der Waals surface area contributed by atoms with Gasteiger partial charge in [-0.1, -0.05) is 0 Å². The minimum absolute atomic E-state index is 0.259. The van der Waals surface area contributed by atoms with E-state index < -0.39 is 0 Å². The Morgan fingerprint density at radius 1 is 1.41 bits per heavy atom. The summed E-state index contributed by atoms with van der Waals surface area (Å²) in [6, 6.07) is 0.259. The number of nitrogens with zero attached hydrogens (tertiary/aromatic N) is 5. The maximum Gasteiger partial charge on any atom is 0.138 e. The molecule has 0 spiro atoms. The van der Waals surface area contributed by atoms with E-state index in [1.165, 1.54) is 0 Å². The normalized spacial score (nSPS) is 33.9. The van der Waals surface area contributed by atoms with Gasteiger partial charge in [-0.2, -0.15) is 5.10 Å². The Kier molecular flexibility index (Phi) is 2.85. The highest BCUT2D eigenvalue weighted by atomic mass is 16.3. The molecule has 1 aromatic rings. The molecule has 0 aliphatic carbocycles. The highest BCUT2D eigenvalue weighted by Crippen LogP contribution is 2.19. The molecule has 1 aromatic heterocycles. The molecule has 4 rings (SSSR count). The molecule has 17 heavy (non-hydrogen) atoms. The van der Waals surface area contributed by atoms with Crippen molar-refractivity contribution in [2.45, 2.75) is 18.6 Å². The third kappa shape index (κ3) is 2.08. The average Bonchev–Trinajstić information content (AvgIpc) is 2.76. The van der Waals surface area contributed by atoms with Gasteiger partial charge in [0.2, 0.25) is 0 Å². The van der Waals surface area contributed by atoms with Crippen LogP contribution in [0.2, 0.25) is 0 Å². The number of aliphatic hydroxyl groups excluding tert-OH is 1. The lowest BCUT2D eigenvalue weighted by Gasteiger charge is -2.49. The summed E-state index contributed by atoms with van der Waals surface area (Å²) in [5, 5.41) is 14.4. The zero-order valence-electron chi connectivity index (χ0n) is 10.2. The summed E-state index contributed by atoms with van der Waals surface area (Å²) in [6.45, 7) is 5.44. The number of hydrogen-bond donors (Lipinski definition) is 1. The first-order valence-electron chi connectivity index (χ1n) is 6.21. The molecular formula is C11H19N5O. The van der Waals surface area contributed by atoms with Gasteiger partial charge in [-0.25, -0.2) is 4.98 Å². The van der Waals surface area contributed by atoms with Crippen molar-refractivity contribution in [3.05, 3.63) is 12.2 Å². The van der Waals surface area contributed by atoms with Crippen molar-refractivity contribution in [2.24, 2.45) is 7.05 Å². The largest absolute Gasteiger partial charge is 0.391 e. The smallest absolute Gasteiger partial charge is 0.138 e. The quantitative estimate of drug-likeness (QED) is 0.709. The number of aliphatic hydroxyl groups is 1. The highest BCUT2D eigenvalue weighted by Gasteiger charge is 2.36. The zero-order chi connectivity index (χ0) is 11.8. The SMILES string of the molecule is Cn1ncnc1CC(O)C1CN2CCN1CC2. The molecular weight excluding hydrogens is 218 g/mol.